The first-order chi connectivity index (χ1) is 12.7. The van der Waals surface area contributed by atoms with Gasteiger partial charge in [-0.15, -0.1) is 0 Å². The highest BCUT2D eigenvalue weighted by Gasteiger charge is 2.24. The molecule has 0 atom stereocenters. The topological polar surface area (TPSA) is 58.5 Å². The molecule has 134 valence electrons. The van der Waals surface area contributed by atoms with E-state index in [-0.39, 0.29) is 0 Å². The molecular weight excluding hydrogens is 370 g/mol. The van der Waals surface area contributed by atoms with Crippen LogP contribution in [0, 0.1) is 0 Å². The molecule has 3 aromatic rings. The van der Waals surface area contributed by atoms with Crippen molar-refractivity contribution < 1.29 is 9.29 Å². The molecule has 1 N–H and O–H groups in total. The molecule has 4 rings (SSSR count). The third-order valence-corrected chi connectivity index (χ3v) is 5.40. The van der Waals surface area contributed by atoms with Crippen LogP contribution in [-0.2, 0) is 18.7 Å². The van der Waals surface area contributed by atoms with Crippen LogP contribution >= 0.6 is 23.6 Å². The Kier molecular flexibility index (Phi) is 4.89. The Balaban J connectivity index is 1.77. The fourth-order valence-electron chi connectivity index (χ4n) is 3.50. The minimum Gasteiger partial charge on any atom is -0.467 e. The number of anilines is 1. The van der Waals surface area contributed by atoms with Gasteiger partial charge in [0.25, 0.3) is 0 Å². The molecule has 1 aliphatic heterocycles. The van der Waals surface area contributed by atoms with E-state index < -0.39 is 0 Å². The molecule has 0 radical (unpaired) electrons. The normalized spacial score (nSPS) is 13.7. The van der Waals surface area contributed by atoms with Gasteiger partial charge in [0.15, 0.2) is 0 Å². The largest absolute Gasteiger partial charge is 0.467 e. The van der Waals surface area contributed by atoms with E-state index in [9.17, 15) is 4.55 Å². The van der Waals surface area contributed by atoms with E-state index >= 15 is 0 Å². The van der Waals surface area contributed by atoms with Crippen molar-refractivity contribution in [2.75, 3.05) is 18.6 Å². The van der Waals surface area contributed by atoms with Gasteiger partial charge in [-0.25, -0.2) is 0 Å². The summed E-state index contributed by atoms with van der Waals surface area (Å²) in [6, 6.07) is 12.5. The number of aromatic nitrogens is 2. The first kappa shape index (κ1) is 17.4. The Morgan fingerprint density at radius 1 is 1.23 bits per heavy atom. The van der Waals surface area contributed by atoms with Gasteiger partial charge in [-0.2, -0.15) is 9.97 Å². The van der Waals surface area contributed by atoms with Crippen LogP contribution in [0.25, 0.3) is 10.8 Å². The second kappa shape index (κ2) is 7.31. The summed E-state index contributed by atoms with van der Waals surface area (Å²) in [6.45, 7) is 1.50. The summed E-state index contributed by atoms with van der Waals surface area (Å²) in [6.07, 6.45) is 0.816. The highest BCUT2D eigenvalue weighted by molar-refractivity contribution is 7.92. The van der Waals surface area contributed by atoms with Gasteiger partial charge in [-0.05, 0) is 36.0 Å². The molecule has 7 heteroatoms. The molecular formula is C19H18ClN3O2S. The number of methoxy groups -OCH3 is 1. The van der Waals surface area contributed by atoms with Gasteiger partial charge in [0.1, 0.15) is 0 Å². The molecule has 26 heavy (non-hydrogen) atoms. The minimum absolute atomic E-state index is 0.339. The van der Waals surface area contributed by atoms with Crippen molar-refractivity contribution in [3.05, 3.63) is 58.4 Å². The summed E-state index contributed by atoms with van der Waals surface area (Å²) < 4.78 is 14.5. The molecule has 2 aromatic carbocycles. The van der Waals surface area contributed by atoms with Gasteiger partial charge >= 0.3 is 6.01 Å². The van der Waals surface area contributed by atoms with Crippen molar-refractivity contribution in [3.8, 4) is 6.01 Å². The van der Waals surface area contributed by atoms with E-state index in [1.165, 1.54) is 0 Å². The van der Waals surface area contributed by atoms with Crippen molar-refractivity contribution in [2.24, 2.45) is 0 Å². The van der Waals surface area contributed by atoms with Crippen LogP contribution in [-0.4, -0.2) is 28.2 Å². The molecule has 0 saturated heterocycles. The van der Waals surface area contributed by atoms with E-state index in [0.29, 0.717) is 18.3 Å². The standard InChI is InChI=1S/C19H18ClN3O2S/c1-25-19-21-15-10-23(9-8-13(15)16(22-19)11-26-24)17-7-3-5-12-4-2-6-14(20)18(12)17/h2-7,24H,8-11H2,1H3. The van der Waals surface area contributed by atoms with E-state index in [0.717, 1.165) is 63.4 Å². The molecule has 1 aromatic heterocycles. The molecule has 0 unspecified atom stereocenters. The molecule has 5 nitrogen and oxygen atoms in total. The summed E-state index contributed by atoms with van der Waals surface area (Å²) in [5, 5.41) is 2.94. The predicted molar refractivity (Wildman–Crippen MR) is 106 cm³/mol. The lowest BCUT2D eigenvalue weighted by atomic mass is 10.0. The van der Waals surface area contributed by atoms with Crippen molar-refractivity contribution >= 4 is 40.1 Å². The SMILES string of the molecule is COc1nc(CSO)c2c(n1)CN(c1cccc3cccc(Cl)c13)CC2. The number of hydrogen-bond donors (Lipinski definition) is 1. The number of fused-ring (bicyclic) bond motifs is 2. The van der Waals surface area contributed by atoms with Gasteiger partial charge in [-0.1, -0.05) is 35.9 Å². The van der Waals surface area contributed by atoms with Gasteiger partial charge in [0.05, 0.1) is 35.8 Å². The second-order valence-electron chi connectivity index (χ2n) is 6.14. The first-order valence-electron chi connectivity index (χ1n) is 8.32. The summed E-state index contributed by atoms with van der Waals surface area (Å²) in [5.74, 6) is 0.432. The number of nitrogens with zero attached hydrogens (tertiary/aromatic N) is 3. The molecule has 0 fully saturated rings. The van der Waals surface area contributed by atoms with Gasteiger partial charge in [-0.3, -0.25) is 0 Å². The van der Waals surface area contributed by atoms with Crippen LogP contribution in [0.1, 0.15) is 17.0 Å². The summed E-state index contributed by atoms with van der Waals surface area (Å²) in [5.41, 5.74) is 4.00. The van der Waals surface area contributed by atoms with E-state index in [2.05, 4.69) is 39.1 Å². The summed E-state index contributed by atoms with van der Waals surface area (Å²) in [4.78, 5) is 11.2. The highest BCUT2D eigenvalue weighted by atomic mass is 35.5. The summed E-state index contributed by atoms with van der Waals surface area (Å²) >= 11 is 7.26. The van der Waals surface area contributed by atoms with Crippen molar-refractivity contribution in [3.63, 3.8) is 0 Å². The first-order valence-corrected chi connectivity index (χ1v) is 9.64. The van der Waals surface area contributed by atoms with E-state index in [1.807, 2.05) is 12.1 Å². The number of rotatable bonds is 4. The maximum absolute atomic E-state index is 9.25. The van der Waals surface area contributed by atoms with Crippen molar-refractivity contribution in [1.82, 2.24) is 9.97 Å². The number of halogens is 1. The Hall–Kier alpha value is -2.02. The van der Waals surface area contributed by atoms with Crippen LogP contribution in [0.2, 0.25) is 5.02 Å². The molecule has 0 bridgehead atoms. The van der Waals surface area contributed by atoms with Crippen molar-refractivity contribution in [1.29, 1.82) is 0 Å². The van der Waals surface area contributed by atoms with Gasteiger partial charge in [0, 0.05) is 23.2 Å². The Morgan fingerprint density at radius 3 is 2.81 bits per heavy atom. The molecule has 0 amide bonds. The lowest BCUT2D eigenvalue weighted by molar-refractivity contribution is 0.375. The number of benzene rings is 2. The zero-order valence-electron chi connectivity index (χ0n) is 14.3. The fraction of sp³-hybridized carbons (Fsp3) is 0.263. The molecule has 0 saturated carbocycles. The smallest absolute Gasteiger partial charge is 0.316 e. The number of hydrogen-bond acceptors (Lipinski definition) is 6. The van der Waals surface area contributed by atoms with Gasteiger partial charge < -0.3 is 14.2 Å². The van der Waals surface area contributed by atoms with Crippen LogP contribution in [0.5, 0.6) is 6.01 Å². The van der Waals surface area contributed by atoms with Crippen LogP contribution in [0.4, 0.5) is 5.69 Å². The maximum atomic E-state index is 9.25. The van der Waals surface area contributed by atoms with Crippen LogP contribution < -0.4 is 9.64 Å². The third kappa shape index (κ3) is 3.09. The number of ether oxygens (including phenoxy) is 1. The second-order valence-corrected chi connectivity index (χ2v) is 7.10. The third-order valence-electron chi connectivity index (χ3n) is 4.69. The molecule has 1 aliphatic rings. The zero-order valence-corrected chi connectivity index (χ0v) is 15.8. The summed E-state index contributed by atoms with van der Waals surface area (Å²) in [7, 11) is 1.56. The van der Waals surface area contributed by atoms with E-state index in [1.54, 1.807) is 7.11 Å². The predicted octanol–water partition coefficient (Wildman–Crippen LogP) is 4.56. The van der Waals surface area contributed by atoms with Crippen LogP contribution in [0.15, 0.2) is 36.4 Å². The Bertz CT molecular complexity index is 962. The monoisotopic (exact) mass is 387 g/mol. The molecule has 2 heterocycles. The lowest BCUT2D eigenvalue weighted by Crippen LogP contribution is -2.32. The quantitative estimate of drug-likeness (QED) is 0.662. The minimum atomic E-state index is 0.339. The highest BCUT2D eigenvalue weighted by Crippen LogP contribution is 2.35. The van der Waals surface area contributed by atoms with Crippen molar-refractivity contribution in [2.45, 2.75) is 18.7 Å². The van der Waals surface area contributed by atoms with Gasteiger partial charge in [0.2, 0.25) is 0 Å². The lowest BCUT2D eigenvalue weighted by Gasteiger charge is -2.32. The Morgan fingerprint density at radius 2 is 2.04 bits per heavy atom. The van der Waals surface area contributed by atoms with E-state index in [4.69, 9.17) is 16.3 Å². The molecule has 0 spiro atoms. The fourth-order valence-corrected chi connectivity index (χ4v) is 4.14. The maximum Gasteiger partial charge on any atom is 0.316 e. The average Bonchev–Trinajstić information content (AvgIpc) is 2.67. The molecule has 0 aliphatic carbocycles. The average molecular weight is 388 g/mol. The zero-order chi connectivity index (χ0) is 18.1. The van der Waals surface area contributed by atoms with Crippen LogP contribution in [0.3, 0.4) is 0 Å². The Labute approximate surface area is 161 Å².